The lowest BCUT2D eigenvalue weighted by Gasteiger charge is -2.26. The van der Waals surface area contributed by atoms with Crippen LogP contribution in [0.3, 0.4) is 0 Å². The third-order valence-electron chi connectivity index (χ3n) is 4.67. The lowest BCUT2D eigenvalue weighted by molar-refractivity contribution is -0.137. The molecule has 156 valence electrons. The monoisotopic (exact) mass is 417 g/mol. The van der Waals surface area contributed by atoms with Crippen molar-refractivity contribution < 1.29 is 27.4 Å². The van der Waals surface area contributed by atoms with E-state index in [1.54, 1.807) is 24.3 Å². The molecule has 1 N–H and O–H groups in total. The van der Waals surface area contributed by atoms with Crippen molar-refractivity contribution >= 4 is 16.8 Å². The van der Waals surface area contributed by atoms with Crippen molar-refractivity contribution in [1.82, 2.24) is 15.3 Å². The maximum Gasteiger partial charge on any atom is 0.417 e. The van der Waals surface area contributed by atoms with Gasteiger partial charge in [-0.05, 0) is 36.8 Å². The predicted molar refractivity (Wildman–Crippen MR) is 102 cm³/mol. The van der Waals surface area contributed by atoms with Crippen molar-refractivity contribution in [1.29, 1.82) is 0 Å². The third-order valence-corrected chi connectivity index (χ3v) is 4.67. The van der Waals surface area contributed by atoms with E-state index < -0.39 is 11.7 Å². The number of halogens is 3. The van der Waals surface area contributed by atoms with Gasteiger partial charge < -0.3 is 14.8 Å². The molecule has 0 radical (unpaired) electrons. The first kappa shape index (κ1) is 20.1. The quantitative estimate of drug-likeness (QED) is 0.659. The molecule has 9 heteroatoms. The molecule has 0 saturated carbocycles. The fourth-order valence-electron chi connectivity index (χ4n) is 2.94. The molecule has 0 aliphatic carbocycles. The first-order valence-electron chi connectivity index (χ1n) is 9.36. The van der Waals surface area contributed by atoms with Crippen LogP contribution in [0, 0.1) is 0 Å². The zero-order chi connectivity index (χ0) is 21.1. The topological polar surface area (TPSA) is 73.3 Å². The average molecular weight is 417 g/mol. The molecule has 1 saturated heterocycles. The second-order valence-electron chi connectivity index (χ2n) is 6.90. The summed E-state index contributed by atoms with van der Waals surface area (Å²) in [7, 11) is 0. The average Bonchev–Trinajstić information content (AvgIpc) is 2.66. The Morgan fingerprint density at radius 2 is 2.03 bits per heavy atom. The molecule has 1 aliphatic rings. The summed E-state index contributed by atoms with van der Waals surface area (Å²) in [5.41, 5.74) is 0.470. The Morgan fingerprint density at radius 1 is 1.20 bits per heavy atom. The molecule has 1 aromatic carbocycles. The molecular formula is C21H18F3N3O3. The van der Waals surface area contributed by atoms with E-state index in [4.69, 9.17) is 9.47 Å². The van der Waals surface area contributed by atoms with Gasteiger partial charge in [0.1, 0.15) is 5.75 Å². The minimum absolute atomic E-state index is 0.0547. The smallest absolute Gasteiger partial charge is 0.417 e. The predicted octanol–water partition coefficient (Wildman–Crippen LogP) is 3.89. The summed E-state index contributed by atoms with van der Waals surface area (Å²) in [6.07, 6.45) is -2.49. The fraction of sp³-hybridized carbons (Fsp3) is 0.286. The summed E-state index contributed by atoms with van der Waals surface area (Å²) in [5.74, 6) is 0.354. The van der Waals surface area contributed by atoms with Crippen LogP contribution >= 0.6 is 0 Å². The maximum atomic E-state index is 12.6. The first-order valence-corrected chi connectivity index (χ1v) is 9.36. The number of alkyl halides is 3. The molecular weight excluding hydrogens is 399 g/mol. The number of pyridine rings is 2. The molecule has 0 spiro atoms. The number of carbonyl (C=O) groups excluding carboxylic acids is 1. The zero-order valence-corrected chi connectivity index (χ0v) is 15.8. The molecule has 2 aromatic heterocycles. The number of aromatic nitrogens is 2. The number of rotatable bonds is 6. The Kier molecular flexibility index (Phi) is 5.54. The molecule has 30 heavy (non-hydrogen) atoms. The van der Waals surface area contributed by atoms with Crippen LogP contribution < -0.4 is 10.1 Å². The maximum absolute atomic E-state index is 12.6. The molecule has 3 aromatic rings. The van der Waals surface area contributed by atoms with E-state index in [0.29, 0.717) is 23.5 Å². The van der Waals surface area contributed by atoms with Gasteiger partial charge in [-0.2, -0.15) is 13.2 Å². The van der Waals surface area contributed by atoms with E-state index in [0.717, 1.165) is 30.7 Å². The largest absolute Gasteiger partial charge is 0.439 e. The molecule has 1 unspecified atom stereocenters. The number of ether oxygens (including phenoxy) is 2. The van der Waals surface area contributed by atoms with Crippen molar-refractivity contribution in [2.24, 2.45) is 0 Å². The van der Waals surface area contributed by atoms with E-state index in [9.17, 15) is 18.0 Å². The minimum Gasteiger partial charge on any atom is -0.439 e. The zero-order valence-electron chi connectivity index (χ0n) is 15.8. The van der Waals surface area contributed by atoms with Gasteiger partial charge in [-0.25, -0.2) is 4.98 Å². The van der Waals surface area contributed by atoms with Gasteiger partial charge in [0.05, 0.1) is 29.3 Å². The summed E-state index contributed by atoms with van der Waals surface area (Å²) in [4.78, 5) is 20.2. The van der Waals surface area contributed by atoms with Crippen LogP contribution in [0.5, 0.6) is 11.6 Å². The second kappa shape index (κ2) is 8.27. The van der Waals surface area contributed by atoms with Crippen LogP contribution in [0.4, 0.5) is 13.2 Å². The lowest BCUT2D eigenvalue weighted by atomic mass is 10.1. The van der Waals surface area contributed by atoms with Crippen molar-refractivity contribution in [3.8, 4) is 11.6 Å². The fourth-order valence-corrected chi connectivity index (χ4v) is 2.94. The summed E-state index contributed by atoms with van der Waals surface area (Å²) < 4.78 is 48.6. The van der Waals surface area contributed by atoms with Crippen LogP contribution in [0.1, 0.15) is 17.7 Å². The standard InChI is InChI=1S/C21H18F3N3O3/c22-21(23,24)14-2-6-20(26-11-14)30-16-4-5-18-13(9-16)1-3-15(27-18)10-19(28)25-12-17-7-8-29-17/h1-6,9,11,17H,7-8,10,12H2,(H,25,28). The van der Waals surface area contributed by atoms with Crippen LogP contribution in [0.25, 0.3) is 10.9 Å². The molecule has 1 atom stereocenters. The Morgan fingerprint density at radius 3 is 2.70 bits per heavy atom. The molecule has 4 rings (SSSR count). The summed E-state index contributed by atoms with van der Waals surface area (Å²) in [5, 5.41) is 3.60. The van der Waals surface area contributed by atoms with E-state index in [1.807, 2.05) is 6.07 Å². The van der Waals surface area contributed by atoms with E-state index in [2.05, 4.69) is 15.3 Å². The van der Waals surface area contributed by atoms with Crippen molar-refractivity contribution in [2.75, 3.05) is 13.2 Å². The van der Waals surface area contributed by atoms with Gasteiger partial charge in [0, 0.05) is 30.8 Å². The van der Waals surface area contributed by atoms with Crippen molar-refractivity contribution in [3.05, 3.63) is 59.9 Å². The molecule has 6 nitrogen and oxygen atoms in total. The van der Waals surface area contributed by atoms with Crippen LogP contribution in [-0.4, -0.2) is 35.1 Å². The van der Waals surface area contributed by atoms with Crippen LogP contribution in [0.15, 0.2) is 48.7 Å². The van der Waals surface area contributed by atoms with Gasteiger partial charge in [-0.15, -0.1) is 0 Å². The highest BCUT2D eigenvalue weighted by Gasteiger charge is 2.30. The molecule has 1 fully saturated rings. The number of amides is 1. The number of benzene rings is 1. The van der Waals surface area contributed by atoms with Gasteiger partial charge in [0.2, 0.25) is 11.8 Å². The Labute approximate surface area is 170 Å². The summed E-state index contributed by atoms with van der Waals surface area (Å²) >= 11 is 0. The second-order valence-corrected chi connectivity index (χ2v) is 6.90. The Hall–Kier alpha value is -3.20. The van der Waals surface area contributed by atoms with Crippen molar-refractivity contribution in [3.63, 3.8) is 0 Å². The number of carbonyl (C=O) groups is 1. The molecule has 0 bridgehead atoms. The van der Waals surface area contributed by atoms with Gasteiger partial charge in [0.25, 0.3) is 0 Å². The van der Waals surface area contributed by atoms with Gasteiger partial charge >= 0.3 is 6.18 Å². The van der Waals surface area contributed by atoms with E-state index in [-0.39, 0.29) is 24.3 Å². The lowest BCUT2D eigenvalue weighted by Crippen LogP contribution is -2.40. The first-order chi connectivity index (χ1) is 14.4. The van der Waals surface area contributed by atoms with Gasteiger partial charge in [0.15, 0.2) is 0 Å². The number of nitrogens with one attached hydrogen (secondary N) is 1. The Balaban J connectivity index is 1.40. The van der Waals surface area contributed by atoms with Crippen LogP contribution in [-0.2, 0) is 22.1 Å². The summed E-state index contributed by atoms with van der Waals surface area (Å²) in [6, 6.07) is 10.7. The molecule has 3 heterocycles. The highest BCUT2D eigenvalue weighted by Crippen LogP contribution is 2.30. The van der Waals surface area contributed by atoms with E-state index >= 15 is 0 Å². The van der Waals surface area contributed by atoms with Gasteiger partial charge in [-0.1, -0.05) is 6.07 Å². The van der Waals surface area contributed by atoms with Crippen LogP contribution in [0.2, 0.25) is 0 Å². The van der Waals surface area contributed by atoms with Crippen molar-refractivity contribution in [2.45, 2.75) is 25.1 Å². The number of hydrogen-bond donors (Lipinski definition) is 1. The normalized spacial score (nSPS) is 16.2. The number of nitrogens with zero attached hydrogens (tertiary/aromatic N) is 2. The highest BCUT2D eigenvalue weighted by atomic mass is 19.4. The third kappa shape index (κ3) is 4.85. The number of fused-ring (bicyclic) bond motifs is 1. The SMILES string of the molecule is O=C(Cc1ccc2cc(Oc3ccc(C(F)(F)F)cn3)ccc2n1)NCC1CCO1. The highest BCUT2D eigenvalue weighted by molar-refractivity contribution is 5.82. The summed E-state index contributed by atoms with van der Waals surface area (Å²) in [6.45, 7) is 1.25. The Bertz CT molecular complexity index is 1050. The van der Waals surface area contributed by atoms with E-state index in [1.165, 1.54) is 6.07 Å². The van der Waals surface area contributed by atoms with Gasteiger partial charge in [-0.3, -0.25) is 9.78 Å². The molecule has 1 amide bonds. The minimum atomic E-state index is -4.44. The molecule has 1 aliphatic heterocycles. The number of hydrogen-bond acceptors (Lipinski definition) is 5.